The zero-order chi connectivity index (χ0) is 14.1. The summed E-state index contributed by atoms with van der Waals surface area (Å²) in [6, 6.07) is 0. The molecule has 0 amide bonds. The molecule has 1 heterocycles. The van der Waals surface area contributed by atoms with Gasteiger partial charge in [-0.15, -0.1) is 0 Å². The molecule has 4 aliphatic carbocycles. The predicted molar refractivity (Wildman–Crippen MR) is 80.6 cm³/mol. The number of fused-ring (bicyclic) bond motifs is 6. The van der Waals surface area contributed by atoms with Crippen molar-refractivity contribution in [3.63, 3.8) is 0 Å². The van der Waals surface area contributed by atoms with E-state index in [1.54, 1.807) is 0 Å². The highest BCUT2D eigenvalue weighted by atomic mass is 32.2. The van der Waals surface area contributed by atoms with Gasteiger partial charge in [-0.05, 0) is 86.9 Å². The molecule has 9 atom stereocenters. The first-order valence-electron chi connectivity index (χ1n) is 9.01. The Morgan fingerprint density at radius 2 is 1.29 bits per heavy atom. The van der Waals surface area contributed by atoms with E-state index < -0.39 is 10.7 Å². The first kappa shape index (κ1) is 13.4. The molecule has 0 spiro atoms. The van der Waals surface area contributed by atoms with Crippen molar-refractivity contribution in [2.75, 3.05) is 0 Å². The molecule has 0 aromatic carbocycles. The third kappa shape index (κ3) is 1.97. The van der Waals surface area contributed by atoms with E-state index in [2.05, 4.69) is 0 Å². The highest BCUT2D eigenvalue weighted by Crippen LogP contribution is 2.60. The highest BCUT2D eigenvalue weighted by molar-refractivity contribution is 7.73. The standard InChI is InChI=1S/C17H26O3S/c18-21(19)17-6-5-11-10-2-1-9-7-15-16(20-15)8-14(9)12(10)3-4-13(11)17/h9-17,21H,1-8H2. The van der Waals surface area contributed by atoms with Crippen LogP contribution in [-0.4, -0.2) is 25.9 Å². The highest BCUT2D eigenvalue weighted by Gasteiger charge is 2.56. The first-order chi connectivity index (χ1) is 10.2. The normalized spacial score (nSPS) is 58.0. The van der Waals surface area contributed by atoms with E-state index in [4.69, 9.17) is 4.74 Å². The molecule has 0 aromatic rings. The molecule has 0 N–H and O–H groups in total. The second kappa shape index (κ2) is 4.70. The van der Waals surface area contributed by atoms with Gasteiger partial charge in [0, 0.05) is 0 Å². The predicted octanol–water partition coefficient (Wildman–Crippen LogP) is 2.61. The molecule has 3 nitrogen and oxygen atoms in total. The van der Waals surface area contributed by atoms with Crippen molar-refractivity contribution in [2.45, 2.75) is 68.8 Å². The average Bonchev–Trinajstić information content (AvgIpc) is 3.09. The Bertz CT molecular complexity index is 508. The zero-order valence-corrected chi connectivity index (χ0v) is 13.4. The number of hydrogen-bond acceptors (Lipinski definition) is 3. The van der Waals surface area contributed by atoms with Gasteiger partial charge in [-0.2, -0.15) is 0 Å². The molecule has 4 saturated carbocycles. The van der Waals surface area contributed by atoms with Crippen LogP contribution < -0.4 is 0 Å². The molecule has 0 bridgehead atoms. The van der Waals surface area contributed by atoms with E-state index in [9.17, 15) is 8.42 Å². The van der Waals surface area contributed by atoms with Gasteiger partial charge in [0.05, 0.1) is 17.5 Å². The molecule has 1 saturated heterocycles. The van der Waals surface area contributed by atoms with Gasteiger partial charge in [0.15, 0.2) is 0 Å². The minimum atomic E-state index is -2.21. The summed E-state index contributed by atoms with van der Waals surface area (Å²) >= 11 is 0. The Balaban J connectivity index is 1.39. The smallest absolute Gasteiger partial charge is 0.143 e. The van der Waals surface area contributed by atoms with Crippen molar-refractivity contribution < 1.29 is 13.2 Å². The van der Waals surface area contributed by atoms with Crippen molar-refractivity contribution in [3.05, 3.63) is 0 Å². The molecule has 0 aromatic heterocycles. The summed E-state index contributed by atoms with van der Waals surface area (Å²) < 4.78 is 28.8. The lowest BCUT2D eigenvalue weighted by Crippen LogP contribution is -2.45. The first-order valence-corrected chi connectivity index (χ1v) is 10.3. The van der Waals surface area contributed by atoms with Crippen LogP contribution in [0.5, 0.6) is 0 Å². The summed E-state index contributed by atoms with van der Waals surface area (Å²) in [6.45, 7) is 0. The second-order valence-corrected chi connectivity index (χ2v) is 9.58. The van der Waals surface area contributed by atoms with Crippen LogP contribution in [0.3, 0.4) is 0 Å². The molecule has 0 radical (unpaired) electrons. The van der Waals surface area contributed by atoms with E-state index >= 15 is 0 Å². The van der Waals surface area contributed by atoms with E-state index in [-0.39, 0.29) is 5.25 Å². The van der Waals surface area contributed by atoms with E-state index in [0.29, 0.717) is 18.1 Å². The fourth-order valence-electron chi connectivity index (χ4n) is 6.94. The molecule has 5 rings (SSSR count). The fraction of sp³-hybridized carbons (Fsp3) is 1.00. The number of thiol groups is 1. The largest absolute Gasteiger partial charge is 0.370 e. The van der Waals surface area contributed by atoms with Crippen molar-refractivity contribution >= 4 is 10.7 Å². The van der Waals surface area contributed by atoms with E-state index in [1.165, 1.54) is 44.9 Å². The van der Waals surface area contributed by atoms with Crippen molar-refractivity contribution in [2.24, 2.45) is 35.5 Å². The third-order valence-electron chi connectivity index (χ3n) is 7.80. The molecule has 1 aliphatic heterocycles. The molecule has 9 unspecified atom stereocenters. The molecule has 5 fully saturated rings. The monoisotopic (exact) mass is 310 g/mol. The summed E-state index contributed by atoms with van der Waals surface area (Å²) in [7, 11) is -2.21. The van der Waals surface area contributed by atoms with Gasteiger partial charge in [-0.1, -0.05) is 0 Å². The van der Waals surface area contributed by atoms with Crippen LogP contribution in [0.4, 0.5) is 0 Å². The van der Waals surface area contributed by atoms with Gasteiger partial charge in [0.1, 0.15) is 10.7 Å². The van der Waals surface area contributed by atoms with E-state index in [1.807, 2.05) is 0 Å². The summed E-state index contributed by atoms with van der Waals surface area (Å²) in [5, 5.41) is 0.00572. The maximum Gasteiger partial charge on any atom is 0.143 e. The quantitative estimate of drug-likeness (QED) is 0.598. The molecule has 118 valence electrons. The maximum atomic E-state index is 11.5. The minimum Gasteiger partial charge on any atom is -0.370 e. The van der Waals surface area contributed by atoms with Crippen LogP contribution in [-0.2, 0) is 15.4 Å². The third-order valence-corrected chi connectivity index (χ3v) is 8.98. The summed E-state index contributed by atoms with van der Waals surface area (Å²) in [5.74, 6) is 4.75. The lowest BCUT2D eigenvalue weighted by molar-refractivity contribution is -0.0127. The number of rotatable bonds is 1. The van der Waals surface area contributed by atoms with Crippen LogP contribution in [0.15, 0.2) is 0 Å². The van der Waals surface area contributed by atoms with Gasteiger partial charge in [-0.3, -0.25) is 0 Å². The van der Waals surface area contributed by atoms with Gasteiger partial charge in [0.25, 0.3) is 0 Å². The van der Waals surface area contributed by atoms with Crippen LogP contribution in [0.25, 0.3) is 0 Å². The SMILES string of the molecule is O=[SH](=O)C1CCC2C3CCC4CC5OC5CC4C3CCC21. The fourth-order valence-corrected chi connectivity index (χ4v) is 7.99. The Hall–Kier alpha value is -0.0900. The van der Waals surface area contributed by atoms with E-state index in [0.717, 1.165) is 36.0 Å². The Morgan fingerprint density at radius 1 is 0.667 bits per heavy atom. The Morgan fingerprint density at radius 3 is 2.14 bits per heavy atom. The second-order valence-electron chi connectivity index (χ2n) is 8.35. The van der Waals surface area contributed by atoms with Crippen molar-refractivity contribution in [3.8, 4) is 0 Å². The summed E-state index contributed by atoms with van der Waals surface area (Å²) in [6.07, 6.45) is 11.2. The topological polar surface area (TPSA) is 46.7 Å². The van der Waals surface area contributed by atoms with Gasteiger partial charge < -0.3 is 4.74 Å². The lowest BCUT2D eigenvalue weighted by atomic mass is 9.54. The summed E-state index contributed by atoms with van der Waals surface area (Å²) in [4.78, 5) is 0. The zero-order valence-electron chi connectivity index (χ0n) is 12.5. The molecule has 21 heavy (non-hydrogen) atoms. The summed E-state index contributed by atoms with van der Waals surface area (Å²) in [5.41, 5.74) is 0. The molecule has 4 heteroatoms. The van der Waals surface area contributed by atoms with Crippen LogP contribution in [0, 0.1) is 35.5 Å². The van der Waals surface area contributed by atoms with Crippen molar-refractivity contribution in [1.82, 2.24) is 0 Å². The number of ether oxygens (including phenoxy) is 1. The van der Waals surface area contributed by atoms with Crippen LogP contribution in [0.1, 0.15) is 51.4 Å². The Labute approximate surface area is 128 Å². The van der Waals surface area contributed by atoms with Gasteiger partial charge in [-0.25, -0.2) is 8.42 Å². The molecule has 5 aliphatic rings. The van der Waals surface area contributed by atoms with Gasteiger partial charge in [0.2, 0.25) is 0 Å². The average molecular weight is 310 g/mol. The van der Waals surface area contributed by atoms with Crippen LogP contribution >= 0.6 is 0 Å². The van der Waals surface area contributed by atoms with Crippen molar-refractivity contribution in [1.29, 1.82) is 0 Å². The molecular weight excluding hydrogens is 284 g/mol. The van der Waals surface area contributed by atoms with Gasteiger partial charge >= 0.3 is 0 Å². The lowest BCUT2D eigenvalue weighted by Gasteiger charge is -2.51. The van der Waals surface area contributed by atoms with Crippen LogP contribution in [0.2, 0.25) is 0 Å². The number of epoxide rings is 1. The maximum absolute atomic E-state index is 11.5. The minimum absolute atomic E-state index is 0.00572. The number of hydrogen-bond donors (Lipinski definition) is 1. The molecular formula is C17H26O3S. The Kier molecular flexibility index (Phi) is 2.99.